The van der Waals surface area contributed by atoms with Crippen LogP contribution in [0.2, 0.25) is 0 Å². The smallest absolute Gasteiger partial charge is 0.251 e. The van der Waals surface area contributed by atoms with Crippen molar-refractivity contribution in [3.63, 3.8) is 0 Å². The van der Waals surface area contributed by atoms with Gasteiger partial charge in [0.15, 0.2) is 0 Å². The van der Waals surface area contributed by atoms with E-state index in [2.05, 4.69) is 16.1 Å². The molecule has 1 N–H and O–H groups in total. The van der Waals surface area contributed by atoms with Crippen LogP contribution in [0.25, 0.3) is 10.9 Å². The topological polar surface area (TPSA) is 34.0 Å². The van der Waals surface area contributed by atoms with Crippen molar-refractivity contribution in [3.8, 4) is 0 Å². The first kappa shape index (κ1) is 13.1. The molecule has 2 heterocycles. The van der Waals surface area contributed by atoms with Crippen LogP contribution >= 0.6 is 0 Å². The largest absolute Gasteiger partial charge is 0.352 e. The van der Waals surface area contributed by atoms with Crippen LogP contribution in [-0.4, -0.2) is 17.0 Å². The molecule has 0 saturated heterocycles. The highest BCUT2D eigenvalue weighted by atomic mass is 19.1. The molecule has 3 nitrogen and oxygen atoms in total. The Balaban J connectivity index is 1.86. The summed E-state index contributed by atoms with van der Waals surface area (Å²) in [5.41, 5.74) is 3.83. The number of carbonyl (C=O) groups is 1. The molecule has 4 heteroatoms. The molecule has 1 aliphatic rings. The summed E-state index contributed by atoms with van der Waals surface area (Å²) in [7, 11) is 0. The van der Waals surface area contributed by atoms with E-state index in [-0.39, 0.29) is 11.7 Å². The minimum atomic E-state index is -0.227. The molecular formula is C18H15FN2O. The second-order valence-corrected chi connectivity index (χ2v) is 5.62. The molecule has 0 atom stereocenters. The number of nitrogens with one attached hydrogen (secondary N) is 1. The third-order valence-electron chi connectivity index (χ3n) is 4.15. The Bertz CT molecular complexity index is 882. The summed E-state index contributed by atoms with van der Waals surface area (Å²) in [6, 6.07) is 12.4. The van der Waals surface area contributed by atoms with Crippen molar-refractivity contribution in [3.05, 3.63) is 71.2 Å². The highest BCUT2D eigenvalue weighted by Crippen LogP contribution is 2.28. The van der Waals surface area contributed by atoms with E-state index in [1.165, 1.54) is 11.6 Å². The SMILES string of the molecule is O=C1NCCc2cn(Cc3cccc(F)c3)c3cccc1c23. The van der Waals surface area contributed by atoms with Gasteiger partial charge in [-0.15, -0.1) is 0 Å². The second kappa shape index (κ2) is 4.98. The van der Waals surface area contributed by atoms with E-state index in [1.807, 2.05) is 24.3 Å². The molecular weight excluding hydrogens is 279 g/mol. The van der Waals surface area contributed by atoms with Crippen LogP contribution in [0.3, 0.4) is 0 Å². The molecule has 0 aliphatic carbocycles. The first-order valence-electron chi connectivity index (χ1n) is 7.36. The second-order valence-electron chi connectivity index (χ2n) is 5.62. The molecule has 1 amide bonds. The summed E-state index contributed by atoms with van der Waals surface area (Å²) >= 11 is 0. The Kier molecular flexibility index (Phi) is 2.96. The molecule has 3 aromatic rings. The van der Waals surface area contributed by atoms with Crippen molar-refractivity contribution < 1.29 is 9.18 Å². The van der Waals surface area contributed by atoms with Crippen molar-refractivity contribution >= 4 is 16.8 Å². The molecule has 0 saturated carbocycles. The monoisotopic (exact) mass is 294 g/mol. The first-order valence-corrected chi connectivity index (χ1v) is 7.36. The van der Waals surface area contributed by atoms with Crippen molar-refractivity contribution in [2.75, 3.05) is 6.54 Å². The van der Waals surface area contributed by atoms with E-state index < -0.39 is 0 Å². The Morgan fingerprint density at radius 2 is 2.05 bits per heavy atom. The minimum Gasteiger partial charge on any atom is -0.352 e. The van der Waals surface area contributed by atoms with Crippen molar-refractivity contribution in [1.29, 1.82) is 0 Å². The highest BCUT2D eigenvalue weighted by Gasteiger charge is 2.19. The number of aromatic nitrogens is 1. The molecule has 0 radical (unpaired) electrons. The molecule has 22 heavy (non-hydrogen) atoms. The first-order chi connectivity index (χ1) is 10.7. The molecule has 0 spiro atoms. The van der Waals surface area contributed by atoms with Crippen LogP contribution < -0.4 is 5.32 Å². The number of amides is 1. The maximum Gasteiger partial charge on any atom is 0.251 e. The highest BCUT2D eigenvalue weighted by molar-refractivity contribution is 6.08. The third kappa shape index (κ3) is 2.08. The number of nitrogens with zero attached hydrogens (tertiary/aromatic N) is 1. The number of hydrogen-bond acceptors (Lipinski definition) is 1. The van der Waals surface area contributed by atoms with E-state index in [4.69, 9.17) is 0 Å². The summed E-state index contributed by atoms with van der Waals surface area (Å²) in [5.74, 6) is -0.247. The van der Waals surface area contributed by atoms with Gasteiger partial charge in [-0.05, 0) is 41.8 Å². The van der Waals surface area contributed by atoms with Gasteiger partial charge in [0.25, 0.3) is 5.91 Å². The van der Waals surface area contributed by atoms with Crippen LogP contribution in [0.4, 0.5) is 4.39 Å². The van der Waals surface area contributed by atoms with E-state index in [9.17, 15) is 9.18 Å². The molecule has 1 aliphatic heterocycles. The summed E-state index contributed by atoms with van der Waals surface area (Å²) in [6.07, 6.45) is 2.90. The van der Waals surface area contributed by atoms with Crippen LogP contribution in [0.5, 0.6) is 0 Å². The fourth-order valence-electron chi connectivity index (χ4n) is 3.19. The summed E-state index contributed by atoms with van der Waals surface area (Å²) in [5, 5.41) is 3.94. The fraction of sp³-hybridized carbons (Fsp3) is 0.167. The summed E-state index contributed by atoms with van der Waals surface area (Å²) in [4.78, 5) is 12.1. The fourth-order valence-corrected chi connectivity index (χ4v) is 3.19. The average Bonchev–Trinajstić information content (AvgIpc) is 2.76. The normalized spacial score (nSPS) is 14.0. The summed E-state index contributed by atoms with van der Waals surface area (Å²) in [6.45, 7) is 1.24. The van der Waals surface area contributed by atoms with Gasteiger partial charge < -0.3 is 9.88 Å². The quantitative estimate of drug-likeness (QED) is 0.774. The van der Waals surface area contributed by atoms with Crippen LogP contribution in [0, 0.1) is 5.82 Å². The van der Waals surface area contributed by atoms with Gasteiger partial charge in [-0.25, -0.2) is 4.39 Å². The van der Waals surface area contributed by atoms with E-state index in [0.29, 0.717) is 13.1 Å². The van der Waals surface area contributed by atoms with Gasteiger partial charge in [0, 0.05) is 35.8 Å². The predicted octanol–water partition coefficient (Wildman–Crippen LogP) is 3.11. The standard InChI is InChI=1S/C18H15FN2O/c19-14-4-1-3-12(9-14)10-21-11-13-7-8-20-18(22)15-5-2-6-16(21)17(13)15/h1-6,9,11H,7-8,10H2,(H,20,22). The predicted molar refractivity (Wildman–Crippen MR) is 83.5 cm³/mol. The number of halogens is 1. The number of benzene rings is 2. The Morgan fingerprint density at radius 1 is 1.18 bits per heavy atom. The van der Waals surface area contributed by atoms with E-state index in [1.54, 1.807) is 12.1 Å². The molecule has 0 unspecified atom stereocenters. The molecule has 0 bridgehead atoms. The van der Waals surface area contributed by atoms with Crippen LogP contribution in [-0.2, 0) is 13.0 Å². The molecule has 0 fully saturated rings. The lowest BCUT2D eigenvalue weighted by Gasteiger charge is -2.07. The molecule has 1 aromatic heterocycles. The van der Waals surface area contributed by atoms with Crippen LogP contribution in [0.1, 0.15) is 21.5 Å². The third-order valence-corrected chi connectivity index (χ3v) is 4.15. The Morgan fingerprint density at radius 3 is 2.91 bits per heavy atom. The minimum absolute atomic E-state index is 0.0205. The van der Waals surface area contributed by atoms with E-state index in [0.717, 1.165) is 28.5 Å². The maximum absolute atomic E-state index is 13.4. The molecule has 2 aromatic carbocycles. The summed E-state index contributed by atoms with van der Waals surface area (Å²) < 4.78 is 15.5. The van der Waals surface area contributed by atoms with Gasteiger partial charge in [-0.2, -0.15) is 0 Å². The lowest BCUT2D eigenvalue weighted by atomic mass is 10.1. The van der Waals surface area contributed by atoms with Crippen molar-refractivity contribution in [2.45, 2.75) is 13.0 Å². The van der Waals surface area contributed by atoms with Crippen molar-refractivity contribution in [2.24, 2.45) is 0 Å². The van der Waals surface area contributed by atoms with Gasteiger partial charge in [0.05, 0.1) is 0 Å². The average molecular weight is 294 g/mol. The lowest BCUT2D eigenvalue weighted by molar-refractivity contribution is 0.0957. The molecule has 110 valence electrons. The Labute approximate surface area is 127 Å². The van der Waals surface area contributed by atoms with Gasteiger partial charge in [0.1, 0.15) is 5.82 Å². The maximum atomic E-state index is 13.4. The number of rotatable bonds is 2. The zero-order valence-electron chi connectivity index (χ0n) is 12.0. The Hall–Kier alpha value is -2.62. The zero-order chi connectivity index (χ0) is 15.1. The zero-order valence-corrected chi connectivity index (χ0v) is 12.0. The van der Waals surface area contributed by atoms with Gasteiger partial charge in [-0.1, -0.05) is 18.2 Å². The van der Waals surface area contributed by atoms with Crippen molar-refractivity contribution in [1.82, 2.24) is 9.88 Å². The number of carbonyl (C=O) groups excluding carboxylic acids is 1. The van der Waals surface area contributed by atoms with E-state index >= 15 is 0 Å². The van der Waals surface area contributed by atoms with Gasteiger partial charge in [0.2, 0.25) is 0 Å². The van der Waals surface area contributed by atoms with Gasteiger partial charge in [-0.3, -0.25) is 4.79 Å². The molecule has 4 rings (SSSR count). The van der Waals surface area contributed by atoms with Gasteiger partial charge >= 0.3 is 0 Å². The van der Waals surface area contributed by atoms with Crippen LogP contribution in [0.15, 0.2) is 48.7 Å². The lowest BCUT2D eigenvalue weighted by Crippen LogP contribution is -2.23. The number of hydrogen-bond donors (Lipinski definition) is 1.